The van der Waals surface area contributed by atoms with E-state index < -0.39 is 11.5 Å². The first-order chi connectivity index (χ1) is 14.7. The molecule has 8 heteroatoms. The van der Waals surface area contributed by atoms with Crippen molar-refractivity contribution in [2.24, 2.45) is 18.4 Å². The second kappa shape index (κ2) is 7.95. The Kier molecular flexibility index (Phi) is 5.46. The Labute approximate surface area is 182 Å². The minimum Gasteiger partial charge on any atom is -0.340 e. The molecule has 1 aliphatic carbocycles. The van der Waals surface area contributed by atoms with Crippen LogP contribution in [0.25, 0.3) is 11.2 Å². The van der Waals surface area contributed by atoms with Crippen molar-refractivity contribution in [3.8, 4) is 6.07 Å². The third-order valence-corrected chi connectivity index (χ3v) is 6.30. The average Bonchev–Trinajstić information content (AvgIpc) is 3.49. The molecule has 31 heavy (non-hydrogen) atoms. The van der Waals surface area contributed by atoms with Crippen molar-refractivity contribution in [1.29, 1.82) is 5.26 Å². The number of nitrogens with one attached hydrogen (secondary N) is 2. The molecule has 2 unspecified atom stereocenters. The van der Waals surface area contributed by atoms with Crippen molar-refractivity contribution in [1.82, 2.24) is 20.2 Å². The number of carbonyl (C=O) groups excluding carboxylic acids is 2. The van der Waals surface area contributed by atoms with Gasteiger partial charge in [-0.3, -0.25) is 9.59 Å². The van der Waals surface area contributed by atoms with Crippen LogP contribution in [0.15, 0.2) is 12.4 Å². The van der Waals surface area contributed by atoms with Gasteiger partial charge in [0, 0.05) is 19.0 Å². The highest BCUT2D eigenvalue weighted by Crippen LogP contribution is 2.39. The van der Waals surface area contributed by atoms with Gasteiger partial charge in [-0.05, 0) is 31.1 Å². The van der Waals surface area contributed by atoms with Gasteiger partial charge in [0.05, 0.1) is 24.7 Å². The summed E-state index contributed by atoms with van der Waals surface area (Å²) >= 11 is 0. The number of hydrogen-bond donors (Lipinski definition) is 2. The Hall–Kier alpha value is -2.95. The van der Waals surface area contributed by atoms with Gasteiger partial charge in [0.25, 0.3) is 5.91 Å². The summed E-state index contributed by atoms with van der Waals surface area (Å²) in [5, 5.41) is 12.3. The lowest BCUT2D eigenvalue weighted by molar-refractivity contribution is -0.647. The van der Waals surface area contributed by atoms with Crippen molar-refractivity contribution in [3.63, 3.8) is 0 Å². The molecule has 0 radical (unpaired) electrons. The lowest BCUT2D eigenvalue weighted by Crippen LogP contribution is -2.56. The van der Waals surface area contributed by atoms with Gasteiger partial charge >= 0.3 is 5.65 Å². The zero-order valence-corrected chi connectivity index (χ0v) is 18.7. The number of aromatic nitrogens is 3. The molecule has 1 saturated heterocycles. The van der Waals surface area contributed by atoms with Crippen LogP contribution in [0.3, 0.4) is 0 Å². The maximum absolute atomic E-state index is 13.4. The van der Waals surface area contributed by atoms with Crippen LogP contribution >= 0.6 is 0 Å². The second-order valence-electron chi connectivity index (χ2n) is 9.98. The first-order valence-electron chi connectivity index (χ1n) is 11.1. The van der Waals surface area contributed by atoms with Crippen LogP contribution in [-0.4, -0.2) is 45.8 Å². The van der Waals surface area contributed by atoms with Gasteiger partial charge in [0.15, 0.2) is 5.52 Å². The smallest absolute Gasteiger partial charge is 0.306 e. The fourth-order valence-electron chi connectivity index (χ4n) is 4.28. The molecule has 2 N–H and O–H groups in total. The number of hydrogen-bond acceptors (Lipinski definition) is 4. The van der Waals surface area contributed by atoms with Gasteiger partial charge in [0.2, 0.25) is 5.91 Å². The summed E-state index contributed by atoms with van der Waals surface area (Å²) in [6.45, 7) is 6.88. The van der Waals surface area contributed by atoms with Gasteiger partial charge in [-0.15, -0.1) is 0 Å². The van der Waals surface area contributed by atoms with Crippen molar-refractivity contribution < 1.29 is 14.2 Å². The molecule has 8 nitrogen and oxygen atoms in total. The number of aryl methyl sites for hydroxylation is 1. The largest absolute Gasteiger partial charge is 0.340 e. The molecular weight excluding hydrogens is 392 g/mol. The van der Waals surface area contributed by atoms with Gasteiger partial charge in [-0.2, -0.15) is 5.26 Å². The third-order valence-electron chi connectivity index (χ3n) is 6.30. The summed E-state index contributed by atoms with van der Waals surface area (Å²) in [5.74, 6) is -0.114. The number of carbonyl (C=O) groups is 2. The summed E-state index contributed by atoms with van der Waals surface area (Å²) in [6.07, 6.45) is 7.56. The molecule has 2 aliphatic rings. The number of amides is 2. The number of aromatic amines is 1. The molecule has 2 fully saturated rings. The van der Waals surface area contributed by atoms with E-state index >= 15 is 0 Å². The van der Waals surface area contributed by atoms with E-state index in [2.05, 4.69) is 16.4 Å². The van der Waals surface area contributed by atoms with E-state index in [9.17, 15) is 14.9 Å². The first-order valence-corrected chi connectivity index (χ1v) is 11.1. The SMILES string of the molecule is C[n+]1cc(C2CC2)nc2c(C(=O)NC(C(=O)N3CCCC(C#N)C3)C(C)(C)C)c[nH]c21. The number of H-pyrrole nitrogens is 1. The highest BCUT2D eigenvalue weighted by molar-refractivity contribution is 6.05. The van der Waals surface area contributed by atoms with E-state index in [0.717, 1.165) is 37.0 Å². The molecule has 4 rings (SSSR count). The molecule has 2 amide bonds. The fraction of sp³-hybridized carbons (Fsp3) is 0.609. The molecule has 2 aromatic heterocycles. The highest BCUT2D eigenvalue weighted by Gasteiger charge is 2.38. The zero-order valence-electron chi connectivity index (χ0n) is 18.7. The number of piperidine rings is 1. The van der Waals surface area contributed by atoms with Crippen LogP contribution in [0, 0.1) is 22.7 Å². The van der Waals surface area contributed by atoms with Crippen molar-refractivity contribution >= 4 is 23.0 Å². The summed E-state index contributed by atoms with van der Waals surface area (Å²) in [6, 6.07) is 1.59. The van der Waals surface area contributed by atoms with E-state index in [-0.39, 0.29) is 17.7 Å². The van der Waals surface area contributed by atoms with Crippen LogP contribution in [0.5, 0.6) is 0 Å². The highest BCUT2D eigenvalue weighted by atomic mass is 16.2. The number of nitriles is 1. The van der Waals surface area contributed by atoms with E-state index in [1.54, 1.807) is 11.1 Å². The monoisotopic (exact) mass is 423 g/mol. The van der Waals surface area contributed by atoms with Gasteiger partial charge in [0.1, 0.15) is 24.0 Å². The Morgan fingerprint density at radius 1 is 1.35 bits per heavy atom. The molecule has 3 heterocycles. The minimum atomic E-state index is -0.692. The molecule has 0 aromatic carbocycles. The van der Waals surface area contributed by atoms with Gasteiger partial charge in [-0.25, -0.2) is 14.5 Å². The third kappa shape index (κ3) is 4.27. The lowest BCUT2D eigenvalue weighted by atomic mass is 9.85. The molecule has 164 valence electrons. The Morgan fingerprint density at radius 3 is 2.74 bits per heavy atom. The average molecular weight is 424 g/mol. The molecular formula is C23H31N6O2+. The number of fused-ring (bicyclic) bond motifs is 1. The Morgan fingerprint density at radius 2 is 2.10 bits per heavy atom. The zero-order chi connectivity index (χ0) is 22.3. The predicted molar refractivity (Wildman–Crippen MR) is 115 cm³/mol. The van der Waals surface area contributed by atoms with Crippen molar-refractivity contribution in [2.45, 2.75) is 58.4 Å². The van der Waals surface area contributed by atoms with Gasteiger partial charge < -0.3 is 10.2 Å². The standard InChI is InChI=1S/C23H30N6O2/c1-23(2,3)19(22(31)29-9-5-6-14(10-24)12-29)27-21(30)16-11-25-20-18(16)26-17(13-28(20)4)15-7-8-15/h11,13-15,19H,5-9,12H2,1-4H3,(H,27,30)/p+1. The molecule has 0 spiro atoms. The molecule has 1 saturated carbocycles. The summed E-state index contributed by atoms with van der Waals surface area (Å²) in [4.78, 5) is 36.3. The summed E-state index contributed by atoms with van der Waals surface area (Å²) in [5.41, 5.74) is 2.38. The van der Waals surface area contributed by atoms with E-state index in [1.165, 1.54) is 0 Å². The fourth-order valence-corrected chi connectivity index (χ4v) is 4.28. The maximum Gasteiger partial charge on any atom is 0.306 e. The number of nitrogens with zero attached hydrogens (tertiary/aromatic N) is 4. The van der Waals surface area contributed by atoms with E-state index in [0.29, 0.717) is 30.1 Å². The number of likely N-dealkylation sites (tertiary alicyclic amines) is 1. The summed E-state index contributed by atoms with van der Waals surface area (Å²) in [7, 11) is 1.94. The molecule has 0 bridgehead atoms. The second-order valence-corrected chi connectivity index (χ2v) is 9.98. The topological polar surface area (TPSA) is 106 Å². The van der Waals surface area contributed by atoms with Crippen LogP contribution in [-0.2, 0) is 11.8 Å². The van der Waals surface area contributed by atoms with Gasteiger partial charge in [-0.1, -0.05) is 20.8 Å². The molecule has 2 aromatic rings. The van der Waals surface area contributed by atoms with Crippen LogP contribution in [0.4, 0.5) is 0 Å². The molecule has 2 atom stereocenters. The van der Waals surface area contributed by atoms with E-state index in [4.69, 9.17) is 4.98 Å². The van der Waals surface area contributed by atoms with Crippen LogP contribution < -0.4 is 9.88 Å². The minimum absolute atomic E-state index is 0.127. The quantitative estimate of drug-likeness (QED) is 0.735. The first kappa shape index (κ1) is 21.3. The van der Waals surface area contributed by atoms with E-state index in [1.807, 2.05) is 38.6 Å². The van der Waals surface area contributed by atoms with Crippen molar-refractivity contribution in [3.05, 3.63) is 23.7 Å². The normalized spacial score (nSPS) is 20.4. The predicted octanol–water partition coefficient (Wildman–Crippen LogP) is 2.17. The Balaban J connectivity index is 1.60. The molecule has 1 aliphatic heterocycles. The van der Waals surface area contributed by atoms with Crippen LogP contribution in [0.1, 0.15) is 68.4 Å². The Bertz CT molecular complexity index is 1060. The maximum atomic E-state index is 13.4. The van der Waals surface area contributed by atoms with Crippen molar-refractivity contribution in [2.75, 3.05) is 13.1 Å². The lowest BCUT2D eigenvalue weighted by Gasteiger charge is -2.37. The van der Waals surface area contributed by atoms with Crippen LogP contribution in [0.2, 0.25) is 0 Å². The summed E-state index contributed by atoms with van der Waals surface area (Å²) < 4.78 is 1.97. The number of rotatable bonds is 4.